The van der Waals surface area contributed by atoms with Crippen molar-refractivity contribution in [2.24, 2.45) is 5.92 Å². The van der Waals surface area contributed by atoms with Crippen LogP contribution in [0, 0.1) is 35.0 Å². The third-order valence-electron chi connectivity index (χ3n) is 6.60. The number of unbranched alkanes of at least 4 members (excludes halogenated alkanes) is 9. The SMILES string of the molecule is CCCCCCCCC(CCCCCCCc1c(F)c(F)c(F)c(F)c1F)C(OC)(OC)OCC. The third-order valence-corrected chi connectivity index (χ3v) is 6.60. The van der Waals surface area contributed by atoms with E-state index in [-0.39, 0.29) is 12.3 Å². The first kappa shape index (κ1) is 31.8. The highest BCUT2D eigenvalue weighted by Crippen LogP contribution is 2.33. The van der Waals surface area contributed by atoms with E-state index in [4.69, 9.17) is 14.2 Å². The average molecular weight is 511 g/mol. The lowest BCUT2D eigenvalue weighted by Crippen LogP contribution is -2.45. The highest BCUT2D eigenvalue weighted by molar-refractivity contribution is 5.24. The van der Waals surface area contributed by atoms with Crippen LogP contribution in [-0.4, -0.2) is 26.8 Å². The van der Waals surface area contributed by atoms with E-state index in [1.54, 1.807) is 14.2 Å². The molecule has 0 N–H and O–H groups in total. The van der Waals surface area contributed by atoms with E-state index >= 15 is 0 Å². The Morgan fingerprint density at radius 2 is 1.03 bits per heavy atom. The van der Waals surface area contributed by atoms with Gasteiger partial charge in [0.2, 0.25) is 5.82 Å². The largest absolute Gasteiger partial charge is 0.331 e. The Morgan fingerprint density at radius 3 is 1.49 bits per heavy atom. The maximum atomic E-state index is 13.8. The summed E-state index contributed by atoms with van der Waals surface area (Å²) in [4.78, 5) is 0. The standard InChI is InChI=1S/C27H43F5O3/c1-5-7-8-9-11-14-17-20(27(33-3,34-4)35-6-2)18-15-12-10-13-16-19-21-22(28)24(30)26(32)25(31)23(21)29/h20H,5-19H2,1-4H3. The number of benzene rings is 1. The van der Waals surface area contributed by atoms with E-state index in [1.807, 2.05) is 6.92 Å². The van der Waals surface area contributed by atoms with E-state index in [1.165, 1.54) is 25.7 Å². The Labute approximate surface area is 207 Å². The first-order chi connectivity index (χ1) is 16.8. The fourth-order valence-electron chi connectivity index (χ4n) is 4.62. The van der Waals surface area contributed by atoms with Crippen LogP contribution in [0.4, 0.5) is 22.0 Å². The predicted octanol–water partition coefficient (Wildman–Crippen LogP) is 8.62. The second-order valence-electron chi connectivity index (χ2n) is 9.05. The van der Waals surface area contributed by atoms with Gasteiger partial charge >= 0.3 is 0 Å². The van der Waals surface area contributed by atoms with E-state index in [2.05, 4.69) is 6.92 Å². The molecule has 0 spiro atoms. The van der Waals surface area contributed by atoms with Crippen molar-refractivity contribution in [3.05, 3.63) is 34.6 Å². The molecule has 0 heterocycles. The van der Waals surface area contributed by atoms with Crippen LogP contribution in [-0.2, 0) is 20.6 Å². The van der Waals surface area contributed by atoms with Gasteiger partial charge in [-0.2, -0.15) is 0 Å². The van der Waals surface area contributed by atoms with Crippen molar-refractivity contribution in [1.82, 2.24) is 0 Å². The summed E-state index contributed by atoms with van der Waals surface area (Å²) in [6.45, 7) is 4.56. The van der Waals surface area contributed by atoms with Crippen molar-refractivity contribution >= 4 is 0 Å². The van der Waals surface area contributed by atoms with Crippen LogP contribution >= 0.6 is 0 Å². The van der Waals surface area contributed by atoms with Gasteiger partial charge in [-0.15, -0.1) is 0 Å². The van der Waals surface area contributed by atoms with Crippen LogP contribution in [0.25, 0.3) is 0 Å². The molecule has 0 aliphatic carbocycles. The molecule has 1 atom stereocenters. The van der Waals surface area contributed by atoms with Gasteiger partial charge in [0.05, 0.1) is 0 Å². The lowest BCUT2D eigenvalue weighted by atomic mass is 9.91. The summed E-state index contributed by atoms with van der Waals surface area (Å²) in [6, 6.07) is 0. The van der Waals surface area contributed by atoms with Crippen molar-refractivity contribution in [3.8, 4) is 0 Å². The minimum absolute atomic E-state index is 0.0667. The second-order valence-corrected chi connectivity index (χ2v) is 9.05. The molecule has 0 amide bonds. The van der Waals surface area contributed by atoms with Gasteiger partial charge in [0.15, 0.2) is 23.3 Å². The van der Waals surface area contributed by atoms with Crippen LogP contribution < -0.4 is 0 Å². The van der Waals surface area contributed by atoms with Gasteiger partial charge in [0.25, 0.3) is 5.97 Å². The van der Waals surface area contributed by atoms with Crippen molar-refractivity contribution in [1.29, 1.82) is 0 Å². The van der Waals surface area contributed by atoms with Crippen LogP contribution in [0.15, 0.2) is 0 Å². The Bertz CT molecular complexity index is 696. The number of hydrogen-bond acceptors (Lipinski definition) is 3. The Kier molecular flexibility index (Phi) is 15.7. The van der Waals surface area contributed by atoms with Crippen LogP contribution in [0.3, 0.4) is 0 Å². The van der Waals surface area contributed by atoms with Crippen molar-refractivity contribution in [2.75, 3.05) is 20.8 Å². The average Bonchev–Trinajstić information content (AvgIpc) is 2.87. The van der Waals surface area contributed by atoms with Crippen LogP contribution in [0.5, 0.6) is 0 Å². The molecule has 0 bridgehead atoms. The third kappa shape index (κ3) is 9.62. The van der Waals surface area contributed by atoms with Crippen LogP contribution in [0.2, 0.25) is 0 Å². The summed E-state index contributed by atoms with van der Waals surface area (Å²) in [5.74, 6) is -10.4. The number of rotatable bonds is 20. The summed E-state index contributed by atoms with van der Waals surface area (Å²) in [6.07, 6.45) is 12.3. The maximum Gasteiger partial charge on any atom is 0.285 e. The first-order valence-corrected chi connectivity index (χ1v) is 13.0. The molecule has 0 aliphatic heterocycles. The van der Waals surface area contributed by atoms with Gasteiger partial charge in [-0.05, 0) is 32.6 Å². The molecular formula is C27H43F5O3. The fourth-order valence-corrected chi connectivity index (χ4v) is 4.62. The Balaban J connectivity index is 2.52. The molecule has 1 unspecified atom stereocenters. The number of hydrogen-bond donors (Lipinski definition) is 0. The monoisotopic (exact) mass is 510 g/mol. The molecule has 0 aromatic heterocycles. The lowest BCUT2D eigenvalue weighted by molar-refractivity contribution is -0.388. The number of methoxy groups -OCH3 is 2. The van der Waals surface area contributed by atoms with Crippen molar-refractivity contribution in [3.63, 3.8) is 0 Å². The molecule has 1 aromatic carbocycles. The molecule has 0 saturated carbocycles. The van der Waals surface area contributed by atoms with Crippen molar-refractivity contribution in [2.45, 2.75) is 110 Å². The lowest BCUT2D eigenvalue weighted by Gasteiger charge is -2.37. The van der Waals surface area contributed by atoms with Gasteiger partial charge in [0, 0.05) is 32.3 Å². The summed E-state index contributed by atoms with van der Waals surface area (Å²) in [5.41, 5.74) is -0.734. The smallest absolute Gasteiger partial charge is 0.285 e. The quantitative estimate of drug-likeness (QED) is 0.0578. The molecule has 0 radical (unpaired) electrons. The molecule has 1 aromatic rings. The molecule has 0 aliphatic rings. The Morgan fingerprint density at radius 1 is 0.600 bits per heavy atom. The summed E-state index contributed by atoms with van der Waals surface area (Å²) < 4.78 is 84.7. The molecule has 0 fully saturated rings. The highest BCUT2D eigenvalue weighted by atomic mass is 19.2. The van der Waals surface area contributed by atoms with E-state index in [0.717, 1.165) is 44.9 Å². The summed E-state index contributed by atoms with van der Waals surface area (Å²) >= 11 is 0. The zero-order valence-corrected chi connectivity index (χ0v) is 21.8. The number of halogens is 5. The minimum Gasteiger partial charge on any atom is -0.331 e. The molecule has 204 valence electrons. The summed E-state index contributed by atoms with van der Waals surface area (Å²) in [5, 5.41) is 0. The second kappa shape index (κ2) is 17.2. The van der Waals surface area contributed by atoms with Gasteiger partial charge < -0.3 is 14.2 Å². The van der Waals surface area contributed by atoms with Crippen LogP contribution in [0.1, 0.15) is 103 Å². The topological polar surface area (TPSA) is 27.7 Å². The van der Waals surface area contributed by atoms with Crippen molar-refractivity contribution < 1.29 is 36.2 Å². The fraction of sp³-hybridized carbons (Fsp3) is 0.778. The molecule has 3 nitrogen and oxygen atoms in total. The van der Waals surface area contributed by atoms with Gasteiger partial charge in [-0.3, -0.25) is 0 Å². The highest BCUT2D eigenvalue weighted by Gasteiger charge is 2.39. The normalized spacial score (nSPS) is 12.9. The maximum absolute atomic E-state index is 13.8. The van der Waals surface area contributed by atoms with Gasteiger partial charge in [0.1, 0.15) is 0 Å². The minimum atomic E-state index is -2.12. The Hall–Kier alpha value is -1.25. The molecule has 35 heavy (non-hydrogen) atoms. The molecular weight excluding hydrogens is 467 g/mol. The van der Waals surface area contributed by atoms with E-state index < -0.39 is 40.6 Å². The molecule has 1 rings (SSSR count). The van der Waals surface area contributed by atoms with E-state index in [9.17, 15) is 22.0 Å². The molecule has 0 saturated heterocycles. The summed E-state index contributed by atoms with van der Waals surface area (Å²) in [7, 11) is 3.18. The van der Waals surface area contributed by atoms with Gasteiger partial charge in [-0.25, -0.2) is 22.0 Å². The predicted molar refractivity (Wildman–Crippen MR) is 127 cm³/mol. The zero-order chi connectivity index (χ0) is 26.3. The number of ether oxygens (including phenoxy) is 3. The first-order valence-electron chi connectivity index (χ1n) is 13.0. The molecule has 8 heteroatoms. The van der Waals surface area contributed by atoms with E-state index in [0.29, 0.717) is 19.4 Å². The zero-order valence-electron chi connectivity index (χ0n) is 21.8. The van der Waals surface area contributed by atoms with Gasteiger partial charge in [-0.1, -0.05) is 71.1 Å².